The minimum Gasteiger partial charge on any atom is -0.472 e. The number of hydrogen-bond acceptors (Lipinski definition) is 6. The third kappa shape index (κ3) is 4.94. The number of rotatable bonds is 6. The van der Waals surface area contributed by atoms with Crippen LogP contribution in [-0.4, -0.2) is 34.2 Å². The highest BCUT2D eigenvalue weighted by Gasteiger charge is 2.28. The number of alkyl halides is 3. The van der Waals surface area contributed by atoms with Crippen LogP contribution in [0.1, 0.15) is 13.3 Å². The lowest BCUT2D eigenvalue weighted by molar-refractivity contribution is -0.386. The predicted octanol–water partition coefficient (Wildman–Crippen LogP) is 2.15. The average molecular weight is 280 g/mol. The van der Waals surface area contributed by atoms with E-state index >= 15 is 0 Å². The summed E-state index contributed by atoms with van der Waals surface area (Å²) in [7, 11) is 0. The number of hydrogen-bond donors (Lipinski definition) is 1. The van der Waals surface area contributed by atoms with Crippen LogP contribution in [0.5, 0.6) is 5.88 Å². The minimum atomic E-state index is -4.40. The van der Waals surface area contributed by atoms with Crippen LogP contribution >= 0.6 is 0 Å². The Balaban J connectivity index is 2.82. The molecule has 19 heavy (non-hydrogen) atoms. The van der Waals surface area contributed by atoms with Crippen LogP contribution in [0.4, 0.5) is 24.8 Å². The van der Waals surface area contributed by atoms with Crippen molar-refractivity contribution < 1.29 is 22.8 Å². The van der Waals surface area contributed by atoms with Gasteiger partial charge in [-0.1, -0.05) is 0 Å². The van der Waals surface area contributed by atoms with Crippen molar-refractivity contribution in [2.24, 2.45) is 0 Å². The highest BCUT2D eigenvalue weighted by Crippen LogP contribution is 2.26. The number of halogens is 3. The molecule has 1 aromatic rings. The van der Waals surface area contributed by atoms with E-state index in [1.54, 1.807) is 6.92 Å². The average Bonchev–Trinajstić information content (AvgIpc) is 2.27. The summed E-state index contributed by atoms with van der Waals surface area (Å²) in [5.41, 5.74) is -0.580. The van der Waals surface area contributed by atoms with Crippen molar-refractivity contribution in [3.05, 3.63) is 16.3 Å². The maximum atomic E-state index is 12.0. The van der Waals surface area contributed by atoms with Crippen molar-refractivity contribution in [1.82, 2.24) is 9.97 Å². The van der Waals surface area contributed by atoms with Gasteiger partial charge in [0.25, 0.3) is 5.88 Å². The first kappa shape index (κ1) is 14.9. The summed E-state index contributed by atoms with van der Waals surface area (Å²) in [4.78, 5) is 17.1. The van der Waals surface area contributed by atoms with Gasteiger partial charge in [0.1, 0.15) is 6.20 Å². The summed E-state index contributed by atoms with van der Waals surface area (Å²) in [5.74, 6) is -0.435. The van der Waals surface area contributed by atoms with E-state index in [1.165, 1.54) is 0 Å². The lowest BCUT2D eigenvalue weighted by Crippen LogP contribution is -2.14. The fourth-order valence-electron chi connectivity index (χ4n) is 1.10. The van der Waals surface area contributed by atoms with E-state index in [0.29, 0.717) is 6.54 Å². The van der Waals surface area contributed by atoms with Crippen molar-refractivity contribution in [1.29, 1.82) is 0 Å². The molecule has 0 unspecified atom stereocenters. The number of nitrogens with zero attached hydrogens (tertiary/aromatic N) is 3. The first-order valence-corrected chi connectivity index (χ1v) is 5.28. The molecule has 0 spiro atoms. The number of nitrogens with one attached hydrogen (secondary N) is 1. The van der Waals surface area contributed by atoms with Crippen molar-refractivity contribution in [2.45, 2.75) is 19.5 Å². The zero-order valence-electron chi connectivity index (χ0n) is 9.90. The molecule has 7 nitrogen and oxygen atoms in total. The highest BCUT2D eigenvalue weighted by atomic mass is 19.4. The minimum absolute atomic E-state index is 0.0510. The normalized spacial score (nSPS) is 11.2. The Morgan fingerprint density at radius 3 is 2.74 bits per heavy atom. The van der Waals surface area contributed by atoms with Gasteiger partial charge in [-0.2, -0.15) is 18.2 Å². The molecule has 0 aliphatic heterocycles. The largest absolute Gasteiger partial charge is 0.472 e. The quantitative estimate of drug-likeness (QED) is 0.634. The lowest BCUT2D eigenvalue weighted by Gasteiger charge is -2.09. The molecule has 0 radical (unpaired) electrons. The summed E-state index contributed by atoms with van der Waals surface area (Å²) in [5, 5.41) is 13.3. The number of aromatic nitrogens is 2. The SMILES string of the molecule is CCNc1ncc([N+](=O)[O-])c(OCCC(F)(F)F)n1. The molecule has 0 saturated heterocycles. The zero-order chi connectivity index (χ0) is 14.5. The van der Waals surface area contributed by atoms with Crippen LogP contribution < -0.4 is 10.1 Å². The molecular formula is C9H11F3N4O3. The Bertz CT molecular complexity index is 453. The molecule has 10 heteroatoms. The fourth-order valence-corrected chi connectivity index (χ4v) is 1.10. The zero-order valence-corrected chi connectivity index (χ0v) is 9.90. The lowest BCUT2D eigenvalue weighted by atomic mass is 10.4. The smallest absolute Gasteiger partial charge is 0.392 e. The Morgan fingerprint density at radius 1 is 1.53 bits per heavy atom. The van der Waals surface area contributed by atoms with E-state index in [9.17, 15) is 23.3 Å². The molecule has 1 aromatic heterocycles. The summed E-state index contributed by atoms with van der Waals surface area (Å²) in [6.45, 7) is 1.46. The molecule has 0 aliphatic carbocycles. The fraction of sp³-hybridized carbons (Fsp3) is 0.556. The van der Waals surface area contributed by atoms with Gasteiger partial charge < -0.3 is 10.1 Å². The molecule has 0 bridgehead atoms. The third-order valence-corrected chi connectivity index (χ3v) is 1.89. The molecule has 0 fully saturated rings. The molecular weight excluding hydrogens is 269 g/mol. The van der Waals surface area contributed by atoms with Crippen LogP contribution in [0.2, 0.25) is 0 Å². The van der Waals surface area contributed by atoms with E-state index < -0.39 is 35.7 Å². The van der Waals surface area contributed by atoms with Crippen LogP contribution in [0.15, 0.2) is 6.20 Å². The van der Waals surface area contributed by atoms with Gasteiger partial charge in [-0.05, 0) is 6.92 Å². The van der Waals surface area contributed by atoms with Crippen molar-refractivity contribution in [2.75, 3.05) is 18.5 Å². The van der Waals surface area contributed by atoms with Gasteiger partial charge >= 0.3 is 11.9 Å². The van der Waals surface area contributed by atoms with Crippen LogP contribution in [0.3, 0.4) is 0 Å². The Morgan fingerprint density at radius 2 is 2.21 bits per heavy atom. The van der Waals surface area contributed by atoms with E-state index in [2.05, 4.69) is 15.3 Å². The Labute approximate surface area is 106 Å². The topological polar surface area (TPSA) is 90.2 Å². The maximum Gasteiger partial charge on any atom is 0.392 e. The number of anilines is 1. The monoisotopic (exact) mass is 280 g/mol. The van der Waals surface area contributed by atoms with Gasteiger partial charge in [-0.15, -0.1) is 0 Å². The highest BCUT2D eigenvalue weighted by molar-refractivity contribution is 5.43. The van der Waals surface area contributed by atoms with Crippen LogP contribution in [-0.2, 0) is 0 Å². The summed E-state index contributed by atoms with van der Waals surface area (Å²) in [6, 6.07) is 0. The van der Waals surface area contributed by atoms with Gasteiger partial charge in [0, 0.05) is 6.54 Å². The van der Waals surface area contributed by atoms with Crippen LogP contribution in [0, 0.1) is 10.1 Å². The Kier molecular flexibility index (Phi) is 4.84. The van der Waals surface area contributed by atoms with Crippen molar-refractivity contribution >= 4 is 11.6 Å². The molecule has 0 atom stereocenters. The van der Waals surface area contributed by atoms with E-state index in [1.807, 2.05) is 0 Å². The van der Waals surface area contributed by atoms with E-state index in [0.717, 1.165) is 6.20 Å². The molecule has 0 amide bonds. The van der Waals surface area contributed by atoms with Crippen molar-refractivity contribution in [3.8, 4) is 5.88 Å². The van der Waals surface area contributed by atoms with Gasteiger partial charge in [0.15, 0.2) is 0 Å². The second-order valence-corrected chi connectivity index (χ2v) is 3.39. The van der Waals surface area contributed by atoms with Gasteiger partial charge in [-0.3, -0.25) is 10.1 Å². The number of ether oxygens (including phenoxy) is 1. The van der Waals surface area contributed by atoms with Gasteiger partial charge in [-0.25, -0.2) is 4.98 Å². The molecule has 106 valence electrons. The molecule has 0 aromatic carbocycles. The van der Waals surface area contributed by atoms with Crippen LogP contribution in [0.25, 0.3) is 0 Å². The molecule has 0 saturated carbocycles. The van der Waals surface area contributed by atoms with Gasteiger partial charge in [0.2, 0.25) is 5.95 Å². The standard InChI is InChI=1S/C9H11F3N4O3/c1-2-13-8-14-5-6(16(17)18)7(15-8)19-4-3-9(10,11)12/h5H,2-4H2,1H3,(H,13,14,15). The second-order valence-electron chi connectivity index (χ2n) is 3.39. The molecule has 1 N–H and O–H groups in total. The first-order valence-electron chi connectivity index (χ1n) is 5.28. The van der Waals surface area contributed by atoms with Crippen molar-refractivity contribution in [3.63, 3.8) is 0 Å². The second kappa shape index (κ2) is 6.16. The molecule has 1 heterocycles. The maximum absolute atomic E-state index is 12.0. The summed E-state index contributed by atoms with van der Waals surface area (Å²) < 4.78 is 40.6. The number of nitro groups is 1. The van der Waals surface area contributed by atoms with E-state index in [4.69, 9.17) is 4.74 Å². The first-order chi connectivity index (χ1) is 8.83. The summed E-state index contributed by atoms with van der Waals surface area (Å²) >= 11 is 0. The molecule has 1 rings (SSSR count). The third-order valence-electron chi connectivity index (χ3n) is 1.89. The molecule has 0 aliphatic rings. The Hall–Kier alpha value is -2.13. The van der Waals surface area contributed by atoms with Gasteiger partial charge in [0.05, 0.1) is 18.0 Å². The van der Waals surface area contributed by atoms with E-state index in [-0.39, 0.29) is 5.95 Å². The summed E-state index contributed by atoms with van der Waals surface area (Å²) in [6.07, 6.45) is -4.73. The predicted molar refractivity (Wildman–Crippen MR) is 59.0 cm³/mol.